The van der Waals surface area contributed by atoms with Gasteiger partial charge in [0.1, 0.15) is 5.75 Å². The molecule has 1 aromatic heterocycles. The summed E-state index contributed by atoms with van der Waals surface area (Å²) in [5.41, 5.74) is 1.46. The Kier molecular flexibility index (Phi) is 5.75. The number of aromatic nitrogens is 2. The Morgan fingerprint density at radius 2 is 2.12 bits per heavy atom. The molecule has 0 unspecified atom stereocenters. The second-order valence-corrected chi connectivity index (χ2v) is 7.15. The summed E-state index contributed by atoms with van der Waals surface area (Å²) in [5, 5.41) is 3.55. The van der Waals surface area contributed by atoms with Gasteiger partial charge in [-0.3, -0.25) is 4.79 Å². The minimum atomic E-state index is -0.405. The molecule has 0 bridgehead atoms. The van der Waals surface area contributed by atoms with Gasteiger partial charge in [0, 0.05) is 12.7 Å². The number of aromatic amines is 1. The van der Waals surface area contributed by atoms with Crippen molar-refractivity contribution in [3.05, 3.63) is 52.1 Å². The summed E-state index contributed by atoms with van der Waals surface area (Å²) >= 11 is 1.29. The molecule has 0 atom stereocenters. The zero-order chi connectivity index (χ0) is 17.6. The average molecular weight is 359 g/mol. The maximum Gasteiger partial charge on any atom is 0.345 e. The number of H-pyrrole nitrogens is 1. The molecule has 1 saturated carbocycles. The molecule has 2 aromatic rings. The van der Waals surface area contributed by atoms with E-state index in [9.17, 15) is 9.59 Å². The molecule has 1 fully saturated rings. The molecule has 0 radical (unpaired) electrons. The first-order chi connectivity index (χ1) is 12.1. The molecule has 1 amide bonds. The maximum absolute atomic E-state index is 12.0. The summed E-state index contributed by atoms with van der Waals surface area (Å²) in [5.74, 6) is 1.75. The SMILES string of the molecule is Cc1cnc(=O)[nH]c1SCC(=O)NCc1ccc(OCC2CC2)cc1. The lowest BCUT2D eigenvalue weighted by Gasteiger charge is -2.08. The Hall–Kier alpha value is -2.28. The number of rotatable bonds is 8. The number of ether oxygens (including phenoxy) is 1. The first-order valence-electron chi connectivity index (χ1n) is 8.27. The van der Waals surface area contributed by atoms with Crippen LogP contribution >= 0.6 is 11.8 Å². The number of thioether (sulfide) groups is 1. The fraction of sp³-hybridized carbons (Fsp3) is 0.389. The van der Waals surface area contributed by atoms with E-state index in [4.69, 9.17) is 4.74 Å². The second-order valence-electron chi connectivity index (χ2n) is 6.16. The number of carbonyl (C=O) groups excluding carboxylic acids is 1. The molecule has 0 saturated heterocycles. The van der Waals surface area contributed by atoms with Gasteiger partial charge in [0.05, 0.1) is 17.4 Å². The Morgan fingerprint density at radius 3 is 2.84 bits per heavy atom. The predicted molar refractivity (Wildman–Crippen MR) is 96.8 cm³/mol. The Labute approximate surface area is 150 Å². The topological polar surface area (TPSA) is 84.1 Å². The fourth-order valence-electron chi connectivity index (χ4n) is 2.18. The summed E-state index contributed by atoms with van der Waals surface area (Å²) in [7, 11) is 0. The van der Waals surface area contributed by atoms with Crippen LogP contribution in [0, 0.1) is 12.8 Å². The summed E-state index contributed by atoms with van der Waals surface area (Å²) in [6, 6.07) is 7.79. The second kappa shape index (κ2) is 8.20. The van der Waals surface area contributed by atoms with Crippen LogP contribution in [0.1, 0.15) is 24.0 Å². The van der Waals surface area contributed by atoms with E-state index >= 15 is 0 Å². The Morgan fingerprint density at radius 1 is 1.36 bits per heavy atom. The molecule has 0 spiro atoms. The molecule has 132 valence electrons. The van der Waals surface area contributed by atoms with Crippen LogP contribution in [0.4, 0.5) is 0 Å². The lowest BCUT2D eigenvalue weighted by atomic mass is 10.2. The van der Waals surface area contributed by atoms with Crippen molar-refractivity contribution >= 4 is 17.7 Å². The number of hydrogen-bond acceptors (Lipinski definition) is 5. The van der Waals surface area contributed by atoms with Crippen molar-refractivity contribution in [3.63, 3.8) is 0 Å². The molecule has 6 nitrogen and oxygen atoms in total. The molecule has 25 heavy (non-hydrogen) atoms. The van der Waals surface area contributed by atoms with Gasteiger partial charge in [-0.15, -0.1) is 0 Å². The monoisotopic (exact) mass is 359 g/mol. The van der Waals surface area contributed by atoms with Gasteiger partial charge in [-0.25, -0.2) is 9.78 Å². The smallest absolute Gasteiger partial charge is 0.345 e. The van der Waals surface area contributed by atoms with Crippen molar-refractivity contribution in [1.82, 2.24) is 15.3 Å². The average Bonchev–Trinajstić information content (AvgIpc) is 3.44. The number of aryl methyl sites for hydroxylation is 1. The molecule has 1 aromatic carbocycles. The lowest BCUT2D eigenvalue weighted by Crippen LogP contribution is -2.24. The number of amides is 1. The van der Waals surface area contributed by atoms with Gasteiger partial charge < -0.3 is 15.0 Å². The van der Waals surface area contributed by atoms with Gasteiger partial charge in [0.25, 0.3) is 0 Å². The maximum atomic E-state index is 12.0. The van der Waals surface area contributed by atoms with E-state index in [1.165, 1.54) is 30.8 Å². The molecule has 1 heterocycles. The molecular weight excluding hydrogens is 338 g/mol. The zero-order valence-electron chi connectivity index (χ0n) is 14.1. The molecule has 3 rings (SSSR count). The standard InChI is InChI=1S/C18H21N3O3S/c1-12-8-20-18(23)21-17(12)25-11-16(22)19-9-13-4-6-15(7-5-13)24-10-14-2-3-14/h4-8,14H,2-3,9-11H2,1H3,(H,19,22)(H,20,21,23). The summed E-state index contributed by atoms with van der Waals surface area (Å²) < 4.78 is 5.69. The minimum absolute atomic E-state index is 0.0869. The van der Waals surface area contributed by atoms with E-state index in [2.05, 4.69) is 15.3 Å². The predicted octanol–water partition coefficient (Wildman–Crippen LogP) is 2.28. The van der Waals surface area contributed by atoms with Crippen LogP contribution < -0.4 is 15.7 Å². The highest BCUT2D eigenvalue weighted by atomic mass is 32.2. The third kappa shape index (κ3) is 5.63. The molecule has 7 heteroatoms. The molecule has 1 aliphatic carbocycles. The number of carbonyl (C=O) groups is 1. The van der Waals surface area contributed by atoms with Crippen molar-refractivity contribution in [2.45, 2.75) is 31.3 Å². The van der Waals surface area contributed by atoms with Crippen LogP contribution in [-0.2, 0) is 11.3 Å². The number of nitrogens with zero attached hydrogens (tertiary/aromatic N) is 1. The molecule has 0 aliphatic heterocycles. The number of hydrogen-bond donors (Lipinski definition) is 2. The van der Waals surface area contributed by atoms with Crippen molar-refractivity contribution < 1.29 is 9.53 Å². The minimum Gasteiger partial charge on any atom is -0.493 e. The van der Waals surface area contributed by atoms with Gasteiger partial charge in [-0.2, -0.15) is 0 Å². The van der Waals surface area contributed by atoms with Crippen LogP contribution in [0.5, 0.6) is 5.75 Å². The van der Waals surface area contributed by atoms with Gasteiger partial charge >= 0.3 is 5.69 Å². The third-order valence-electron chi connectivity index (χ3n) is 3.90. The van der Waals surface area contributed by atoms with Gasteiger partial charge in [0.2, 0.25) is 5.91 Å². The van der Waals surface area contributed by atoms with E-state index in [0.717, 1.165) is 29.4 Å². The quantitative estimate of drug-likeness (QED) is 0.558. The summed E-state index contributed by atoms with van der Waals surface area (Å²) in [6.45, 7) is 3.11. The fourth-order valence-corrected chi connectivity index (χ4v) is 3.00. The van der Waals surface area contributed by atoms with E-state index < -0.39 is 5.69 Å². The van der Waals surface area contributed by atoms with Crippen LogP contribution in [0.3, 0.4) is 0 Å². The summed E-state index contributed by atoms with van der Waals surface area (Å²) in [6.07, 6.45) is 4.05. The largest absolute Gasteiger partial charge is 0.493 e. The Bertz CT molecular complexity index is 785. The van der Waals surface area contributed by atoms with E-state index in [-0.39, 0.29) is 11.7 Å². The molecule has 2 N–H and O–H groups in total. The van der Waals surface area contributed by atoms with E-state index in [0.29, 0.717) is 11.6 Å². The number of nitrogens with one attached hydrogen (secondary N) is 2. The van der Waals surface area contributed by atoms with Crippen molar-refractivity contribution in [1.29, 1.82) is 0 Å². The van der Waals surface area contributed by atoms with Crippen molar-refractivity contribution in [2.75, 3.05) is 12.4 Å². The third-order valence-corrected chi connectivity index (χ3v) is 5.02. The zero-order valence-corrected chi connectivity index (χ0v) is 14.9. The first-order valence-corrected chi connectivity index (χ1v) is 9.26. The highest BCUT2D eigenvalue weighted by molar-refractivity contribution is 7.99. The highest BCUT2D eigenvalue weighted by Crippen LogP contribution is 2.29. The Balaban J connectivity index is 1.42. The van der Waals surface area contributed by atoms with Crippen LogP contribution in [-0.4, -0.2) is 28.2 Å². The van der Waals surface area contributed by atoms with Gasteiger partial charge in [0.15, 0.2) is 0 Å². The van der Waals surface area contributed by atoms with Gasteiger partial charge in [-0.1, -0.05) is 23.9 Å². The van der Waals surface area contributed by atoms with E-state index in [1.54, 1.807) is 0 Å². The molecule has 1 aliphatic rings. The van der Waals surface area contributed by atoms with Crippen LogP contribution in [0.2, 0.25) is 0 Å². The van der Waals surface area contributed by atoms with Gasteiger partial charge in [-0.05, 0) is 48.9 Å². The first kappa shape index (κ1) is 17.5. The summed E-state index contributed by atoms with van der Waals surface area (Å²) in [4.78, 5) is 29.5. The lowest BCUT2D eigenvalue weighted by molar-refractivity contribution is -0.118. The highest BCUT2D eigenvalue weighted by Gasteiger charge is 2.21. The number of benzene rings is 1. The normalized spacial score (nSPS) is 13.5. The molecular formula is C18H21N3O3S. The van der Waals surface area contributed by atoms with Crippen molar-refractivity contribution in [2.24, 2.45) is 5.92 Å². The van der Waals surface area contributed by atoms with Crippen molar-refractivity contribution in [3.8, 4) is 5.75 Å². The van der Waals surface area contributed by atoms with Crippen LogP contribution in [0.15, 0.2) is 40.3 Å². The van der Waals surface area contributed by atoms with Crippen LogP contribution in [0.25, 0.3) is 0 Å². The van der Waals surface area contributed by atoms with E-state index in [1.807, 2.05) is 31.2 Å².